The highest BCUT2D eigenvalue weighted by Gasteiger charge is 2.14. The molecule has 0 atom stereocenters. The zero-order valence-electron chi connectivity index (χ0n) is 22.0. The summed E-state index contributed by atoms with van der Waals surface area (Å²) in [6.45, 7) is 8.64. The maximum Gasteiger partial charge on any atom is 0.249 e. The van der Waals surface area contributed by atoms with Crippen LogP contribution in [0.15, 0.2) is 78.4 Å². The van der Waals surface area contributed by atoms with Crippen molar-refractivity contribution in [3.8, 4) is 17.2 Å². The largest absolute Gasteiger partial charge is 0.497 e. The second kappa shape index (κ2) is 14.2. The number of allylic oxidation sites excluding steroid dienone is 1. The highest BCUT2D eigenvalue weighted by atomic mass is 16.5. The first-order chi connectivity index (χ1) is 18.4. The Kier molecular flexibility index (Phi) is 10.5. The van der Waals surface area contributed by atoms with E-state index in [0.29, 0.717) is 48.1 Å². The van der Waals surface area contributed by atoms with Crippen LogP contribution in [-0.4, -0.2) is 31.7 Å². The predicted molar refractivity (Wildman–Crippen MR) is 149 cm³/mol. The SMILES string of the molecule is C=CCc1cc(C=NNC(=O)CC(=O)Nc2ccc(OC)cc2)cc(OCC)c1OCc1ccc(C)cc1. The lowest BCUT2D eigenvalue weighted by atomic mass is 10.1. The first kappa shape index (κ1) is 28.0. The van der Waals surface area contributed by atoms with Gasteiger partial charge < -0.3 is 19.5 Å². The van der Waals surface area contributed by atoms with E-state index in [9.17, 15) is 9.59 Å². The van der Waals surface area contributed by atoms with Gasteiger partial charge in [-0.1, -0.05) is 35.9 Å². The van der Waals surface area contributed by atoms with Gasteiger partial charge in [-0.15, -0.1) is 6.58 Å². The number of hydrogen-bond acceptors (Lipinski definition) is 6. The van der Waals surface area contributed by atoms with Crippen molar-refractivity contribution >= 4 is 23.7 Å². The zero-order chi connectivity index (χ0) is 27.3. The maximum atomic E-state index is 12.2. The van der Waals surface area contributed by atoms with Gasteiger partial charge in [0.15, 0.2) is 11.5 Å². The van der Waals surface area contributed by atoms with E-state index in [0.717, 1.165) is 11.1 Å². The Morgan fingerprint density at radius 1 is 1.00 bits per heavy atom. The van der Waals surface area contributed by atoms with Crippen LogP contribution in [0.1, 0.15) is 35.6 Å². The Morgan fingerprint density at radius 3 is 2.39 bits per heavy atom. The molecule has 0 heterocycles. The molecule has 0 unspecified atom stereocenters. The average molecular weight is 516 g/mol. The molecular weight excluding hydrogens is 482 g/mol. The summed E-state index contributed by atoms with van der Waals surface area (Å²) < 4.78 is 17.1. The molecule has 0 aliphatic carbocycles. The van der Waals surface area contributed by atoms with E-state index in [1.165, 1.54) is 11.8 Å². The van der Waals surface area contributed by atoms with Crippen LogP contribution in [0.4, 0.5) is 5.69 Å². The van der Waals surface area contributed by atoms with Crippen molar-refractivity contribution < 1.29 is 23.8 Å². The molecular formula is C30H33N3O5. The molecule has 3 aromatic rings. The minimum Gasteiger partial charge on any atom is -0.497 e. The van der Waals surface area contributed by atoms with Crippen LogP contribution >= 0.6 is 0 Å². The van der Waals surface area contributed by atoms with Crippen LogP contribution < -0.4 is 25.0 Å². The molecule has 3 aromatic carbocycles. The molecule has 0 aliphatic heterocycles. The van der Waals surface area contributed by atoms with Crippen molar-refractivity contribution in [2.75, 3.05) is 19.0 Å². The van der Waals surface area contributed by atoms with Crippen molar-refractivity contribution in [3.05, 3.63) is 95.6 Å². The number of anilines is 1. The summed E-state index contributed by atoms with van der Waals surface area (Å²) in [5.74, 6) is 0.894. The summed E-state index contributed by atoms with van der Waals surface area (Å²) in [6, 6.07) is 18.7. The Morgan fingerprint density at radius 2 is 1.74 bits per heavy atom. The van der Waals surface area contributed by atoms with Crippen LogP contribution in [0.25, 0.3) is 0 Å². The van der Waals surface area contributed by atoms with Crippen LogP contribution in [0.3, 0.4) is 0 Å². The Hall–Kier alpha value is -4.59. The number of rotatable bonds is 13. The van der Waals surface area contributed by atoms with Crippen molar-refractivity contribution in [1.82, 2.24) is 5.43 Å². The second-order valence-corrected chi connectivity index (χ2v) is 8.45. The molecule has 2 N–H and O–H groups in total. The van der Waals surface area contributed by atoms with E-state index in [4.69, 9.17) is 14.2 Å². The third-order valence-electron chi connectivity index (χ3n) is 5.42. The fourth-order valence-electron chi connectivity index (χ4n) is 3.58. The normalized spacial score (nSPS) is 10.6. The number of carbonyl (C=O) groups excluding carboxylic acids is 2. The lowest BCUT2D eigenvalue weighted by molar-refractivity contribution is -0.126. The molecule has 38 heavy (non-hydrogen) atoms. The zero-order valence-corrected chi connectivity index (χ0v) is 22.0. The maximum absolute atomic E-state index is 12.2. The summed E-state index contributed by atoms with van der Waals surface area (Å²) in [5.41, 5.74) is 6.77. The topological polar surface area (TPSA) is 98.3 Å². The monoisotopic (exact) mass is 515 g/mol. The van der Waals surface area contributed by atoms with Crippen LogP contribution in [0.2, 0.25) is 0 Å². The van der Waals surface area contributed by atoms with Gasteiger partial charge in [0.25, 0.3) is 0 Å². The summed E-state index contributed by atoms with van der Waals surface area (Å²) in [5, 5.41) is 6.68. The van der Waals surface area contributed by atoms with Crippen molar-refractivity contribution in [3.63, 3.8) is 0 Å². The molecule has 0 spiro atoms. The number of nitrogens with zero attached hydrogens (tertiary/aromatic N) is 1. The number of ether oxygens (including phenoxy) is 3. The summed E-state index contributed by atoms with van der Waals surface area (Å²) in [4.78, 5) is 24.4. The van der Waals surface area contributed by atoms with Gasteiger partial charge in [0.1, 0.15) is 18.8 Å². The van der Waals surface area contributed by atoms with Gasteiger partial charge in [-0.25, -0.2) is 5.43 Å². The first-order valence-corrected chi connectivity index (χ1v) is 12.3. The highest BCUT2D eigenvalue weighted by Crippen LogP contribution is 2.34. The minimum absolute atomic E-state index is 0.374. The Bertz CT molecular complexity index is 1270. The number of hydrazone groups is 1. The fourth-order valence-corrected chi connectivity index (χ4v) is 3.58. The molecule has 8 nitrogen and oxygen atoms in total. The molecule has 0 saturated heterocycles. The van der Waals surface area contributed by atoms with E-state index in [1.54, 1.807) is 43.5 Å². The van der Waals surface area contributed by atoms with Gasteiger partial charge >= 0.3 is 0 Å². The summed E-state index contributed by atoms with van der Waals surface area (Å²) >= 11 is 0. The molecule has 8 heteroatoms. The average Bonchev–Trinajstić information content (AvgIpc) is 2.90. The van der Waals surface area contributed by atoms with Crippen molar-refractivity contribution in [1.29, 1.82) is 0 Å². The number of hydrogen-bond donors (Lipinski definition) is 2. The molecule has 0 radical (unpaired) electrons. The first-order valence-electron chi connectivity index (χ1n) is 12.3. The molecule has 0 bridgehead atoms. The van der Waals surface area contributed by atoms with Gasteiger partial charge in [-0.3, -0.25) is 9.59 Å². The second-order valence-electron chi connectivity index (χ2n) is 8.45. The number of amides is 2. The third-order valence-corrected chi connectivity index (χ3v) is 5.42. The quantitative estimate of drug-likeness (QED) is 0.141. The van der Waals surface area contributed by atoms with Crippen molar-refractivity contribution in [2.24, 2.45) is 5.10 Å². The number of aryl methyl sites for hydroxylation is 1. The van der Waals surface area contributed by atoms with Crippen LogP contribution in [-0.2, 0) is 22.6 Å². The highest BCUT2D eigenvalue weighted by molar-refractivity contribution is 6.03. The van der Waals surface area contributed by atoms with Gasteiger partial charge in [-0.2, -0.15) is 5.10 Å². The van der Waals surface area contributed by atoms with Gasteiger partial charge in [0.2, 0.25) is 11.8 Å². The molecule has 3 rings (SSSR count). The van der Waals surface area contributed by atoms with E-state index in [-0.39, 0.29) is 6.42 Å². The van der Waals surface area contributed by atoms with Gasteiger partial charge in [-0.05, 0) is 67.8 Å². The minimum atomic E-state index is -0.540. The smallest absolute Gasteiger partial charge is 0.249 e. The van der Waals surface area contributed by atoms with Crippen LogP contribution in [0, 0.1) is 6.92 Å². The van der Waals surface area contributed by atoms with E-state index < -0.39 is 11.8 Å². The standard InChI is InChI=1S/C30H33N3O5/c1-5-7-24-16-23(17-27(37-6-2)30(24)38-20-22-10-8-21(3)9-11-22)19-31-33-29(35)18-28(34)32-25-12-14-26(36-4)15-13-25/h5,8-17,19H,1,6-7,18,20H2,2-4H3,(H,32,34)(H,33,35). The van der Waals surface area contributed by atoms with E-state index >= 15 is 0 Å². The van der Waals surface area contributed by atoms with Crippen LogP contribution in [0.5, 0.6) is 17.2 Å². The molecule has 2 amide bonds. The van der Waals surface area contributed by atoms with E-state index in [1.807, 2.05) is 44.2 Å². The predicted octanol–water partition coefficient (Wildman–Crippen LogP) is 5.19. The molecule has 0 fully saturated rings. The molecule has 0 aliphatic rings. The molecule has 0 saturated carbocycles. The summed E-state index contributed by atoms with van der Waals surface area (Å²) in [7, 11) is 1.56. The van der Waals surface area contributed by atoms with Gasteiger partial charge in [0.05, 0.1) is 19.9 Å². The number of carbonyl (C=O) groups is 2. The lowest BCUT2D eigenvalue weighted by Gasteiger charge is -2.17. The Labute approximate surface area is 223 Å². The third kappa shape index (κ3) is 8.51. The fraction of sp³-hybridized carbons (Fsp3) is 0.233. The number of methoxy groups -OCH3 is 1. The number of benzene rings is 3. The van der Waals surface area contributed by atoms with E-state index in [2.05, 4.69) is 22.4 Å². The number of nitrogens with one attached hydrogen (secondary N) is 2. The van der Waals surface area contributed by atoms with Crippen molar-refractivity contribution in [2.45, 2.75) is 33.3 Å². The molecule has 198 valence electrons. The van der Waals surface area contributed by atoms with Gasteiger partial charge in [0, 0.05) is 11.3 Å². The Balaban J connectivity index is 1.64. The lowest BCUT2D eigenvalue weighted by Crippen LogP contribution is -2.24. The summed E-state index contributed by atoms with van der Waals surface area (Å²) in [6.07, 6.45) is 3.47. The molecule has 0 aromatic heterocycles.